The monoisotopic (exact) mass is 324 g/mol. The van der Waals surface area contributed by atoms with Crippen LogP contribution in [0.1, 0.15) is 22.8 Å². The molecule has 0 unspecified atom stereocenters. The maximum Gasteiger partial charge on any atom is 0.305 e. The Morgan fingerprint density at radius 1 is 1.21 bits per heavy atom. The quantitative estimate of drug-likeness (QED) is 0.624. The number of ether oxygens (including phenoxy) is 1. The van der Waals surface area contributed by atoms with Gasteiger partial charge >= 0.3 is 6.01 Å². The first-order valence-corrected chi connectivity index (χ1v) is 7.53. The molecule has 1 heterocycles. The average Bonchev–Trinajstić information content (AvgIpc) is 3.04. The maximum atomic E-state index is 11.0. The number of anilines is 1. The van der Waals surface area contributed by atoms with E-state index in [4.69, 9.17) is 9.15 Å². The third kappa shape index (κ3) is 3.27. The van der Waals surface area contributed by atoms with Gasteiger partial charge in [-0.1, -0.05) is 18.2 Å². The van der Waals surface area contributed by atoms with E-state index in [0.29, 0.717) is 42.0 Å². The number of aromatic nitrogens is 1. The number of carbonyl (C=O) groups is 2. The number of amides is 1. The third-order valence-corrected chi connectivity index (χ3v) is 3.55. The Hall–Kier alpha value is -3.15. The van der Waals surface area contributed by atoms with Gasteiger partial charge in [0.2, 0.25) is 6.41 Å². The highest BCUT2D eigenvalue weighted by molar-refractivity contribution is 5.79. The van der Waals surface area contributed by atoms with Crippen LogP contribution in [-0.4, -0.2) is 24.2 Å². The van der Waals surface area contributed by atoms with E-state index in [2.05, 4.69) is 4.98 Å². The van der Waals surface area contributed by atoms with Gasteiger partial charge in [-0.25, -0.2) is 0 Å². The first-order valence-electron chi connectivity index (χ1n) is 7.53. The summed E-state index contributed by atoms with van der Waals surface area (Å²) < 4.78 is 11.3. The minimum atomic E-state index is 0.277. The van der Waals surface area contributed by atoms with E-state index in [1.165, 1.54) is 4.90 Å². The van der Waals surface area contributed by atoms with Crippen molar-refractivity contribution in [2.45, 2.75) is 13.5 Å². The lowest BCUT2D eigenvalue weighted by Gasteiger charge is -2.07. The Balaban J connectivity index is 1.77. The Kier molecular flexibility index (Phi) is 4.56. The fourth-order valence-electron chi connectivity index (χ4n) is 2.27. The number of nitrogens with zero attached hydrogens (tertiary/aromatic N) is 2. The molecule has 3 rings (SSSR count). The van der Waals surface area contributed by atoms with Crippen LogP contribution in [0.15, 0.2) is 46.9 Å². The molecule has 0 saturated carbocycles. The average molecular weight is 324 g/mol. The summed E-state index contributed by atoms with van der Waals surface area (Å²) >= 11 is 0. The SMILES string of the molecule is CCN(C=O)c1nc2cc(COc3cccc(C=O)c3)ccc2o1. The zero-order valence-corrected chi connectivity index (χ0v) is 13.1. The van der Waals surface area contributed by atoms with E-state index >= 15 is 0 Å². The van der Waals surface area contributed by atoms with Crippen molar-refractivity contribution < 1.29 is 18.7 Å². The van der Waals surface area contributed by atoms with Gasteiger partial charge in [0.15, 0.2) is 5.58 Å². The Labute approximate surface area is 138 Å². The first kappa shape index (κ1) is 15.7. The molecule has 2 aromatic carbocycles. The second kappa shape index (κ2) is 6.95. The van der Waals surface area contributed by atoms with Gasteiger partial charge in [0.05, 0.1) is 0 Å². The van der Waals surface area contributed by atoms with Gasteiger partial charge in [-0.05, 0) is 36.8 Å². The molecule has 0 aliphatic carbocycles. The number of oxazole rings is 1. The number of benzene rings is 2. The number of hydrogen-bond acceptors (Lipinski definition) is 5. The summed E-state index contributed by atoms with van der Waals surface area (Å²) in [5.74, 6) is 0.624. The lowest BCUT2D eigenvalue weighted by molar-refractivity contribution is -0.107. The standard InChI is InChI=1S/C18H16N2O4/c1-2-20(12-22)18-19-16-9-14(6-7-17(16)24-18)11-23-15-5-3-4-13(8-15)10-21/h3-10,12H,2,11H2,1H3. The van der Waals surface area contributed by atoms with Crippen molar-refractivity contribution in [1.29, 1.82) is 0 Å². The van der Waals surface area contributed by atoms with E-state index < -0.39 is 0 Å². The molecular formula is C18H16N2O4. The molecule has 0 atom stereocenters. The first-order chi connectivity index (χ1) is 11.7. The molecule has 0 spiro atoms. The summed E-state index contributed by atoms with van der Waals surface area (Å²) in [6.45, 7) is 2.67. The lowest BCUT2D eigenvalue weighted by Crippen LogP contribution is -2.20. The summed E-state index contributed by atoms with van der Waals surface area (Å²) in [6.07, 6.45) is 1.47. The Morgan fingerprint density at radius 3 is 2.83 bits per heavy atom. The van der Waals surface area contributed by atoms with E-state index in [0.717, 1.165) is 11.8 Å². The molecule has 6 heteroatoms. The van der Waals surface area contributed by atoms with Crippen LogP contribution in [0.2, 0.25) is 0 Å². The second-order valence-corrected chi connectivity index (χ2v) is 5.17. The van der Waals surface area contributed by atoms with Crippen molar-refractivity contribution in [2.24, 2.45) is 0 Å². The zero-order valence-electron chi connectivity index (χ0n) is 13.1. The van der Waals surface area contributed by atoms with Gasteiger partial charge in [0.1, 0.15) is 24.2 Å². The highest BCUT2D eigenvalue weighted by Gasteiger charge is 2.12. The topological polar surface area (TPSA) is 72.6 Å². The molecule has 24 heavy (non-hydrogen) atoms. The predicted octanol–water partition coefficient (Wildman–Crippen LogP) is 3.20. The smallest absolute Gasteiger partial charge is 0.305 e. The summed E-state index contributed by atoms with van der Waals surface area (Å²) in [4.78, 5) is 27.5. The van der Waals surface area contributed by atoms with E-state index in [-0.39, 0.29) is 6.01 Å². The van der Waals surface area contributed by atoms with Crippen LogP contribution in [0.25, 0.3) is 11.1 Å². The largest absolute Gasteiger partial charge is 0.489 e. The van der Waals surface area contributed by atoms with Crippen molar-refractivity contribution in [3.63, 3.8) is 0 Å². The Bertz CT molecular complexity index is 872. The van der Waals surface area contributed by atoms with Crippen LogP contribution in [0.3, 0.4) is 0 Å². The molecular weight excluding hydrogens is 308 g/mol. The minimum Gasteiger partial charge on any atom is -0.489 e. The summed E-state index contributed by atoms with van der Waals surface area (Å²) in [7, 11) is 0. The van der Waals surface area contributed by atoms with Crippen molar-refractivity contribution in [1.82, 2.24) is 4.98 Å². The fraction of sp³-hybridized carbons (Fsp3) is 0.167. The third-order valence-electron chi connectivity index (χ3n) is 3.55. The number of fused-ring (bicyclic) bond motifs is 1. The molecule has 0 radical (unpaired) electrons. The molecule has 1 aromatic heterocycles. The zero-order chi connectivity index (χ0) is 16.9. The van der Waals surface area contributed by atoms with Crippen LogP contribution in [0.4, 0.5) is 6.01 Å². The van der Waals surface area contributed by atoms with E-state index in [9.17, 15) is 9.59 Å². The van der Waals surface area contributed by atoms with Crippen molar-refractivity contribution in [3.8, 4) is 5.75 Å². The normalized spacial score (nSPS) is 10.5. The molecule has 0 aliphatic rings. The van der Waals surface area contributed by atoms with Crippen LogP contribution >= 0.6 is 0 Å². The van der Waals surface area contributed by atoms with Gasteiger partial charge in [-0.2, -0.15) is 4.98 Å². The van der Waals surface area contributed by atoms with Crippen LogP contribution in [0, 0.1) is 0 Å². The number of hydrogen-bond donors (Lipinski definition) is 0. The molecule has 0 saturated heterocycles. The fourth-order valence-corrected chi connectivity index (χ4v) is 2.27. The summed E-state index contributed by atoms with van der Waals surface area (Å²) in [6, 6.07) is 12.8. The van der Waals surface area contributed by atoms with Crippen LogP contribution in [0.5, 0.6) is 5.75 Å². The minimum absolute atomic E-state index is 0.277. The van der Waals surface area contributed by atoms with Crippen molar-refractivity contribution in [2.75, 3.05) is 11.4 Å². The van der Waals surface area contributed by atoms with Crippen LogP contribution < -0.4 is 9.64 Å². The van der Waals surface area contributed by atoms with E-state index in [1.807, 2.05) is 19.1 Å². The Morgan fingerprint density at radius 2 is 2.08 bits per heavy atom. The molecule has 0 N–H and O–H groups in total. The molecule has 0 fully saturated rings. The maximum absolute atomic E-state index is 11.0. The highest BCUT2D eigenvalue weighted by Crippen LogP contribution is 2.23. The highest BCUT2D eigenvalue weighted by atomic mass is 16.5. The van der Waals surface area contributed by atoms with Crippen LogP contribution in [-0.2, 0) is 11.4 Å². The van der Waals surface area contributed by atoms with Gasteiger partial charge in [-0.3, -0.25) is 14.5 Å². The van der Waals surface area contributed by atoms with Crippen molar-refractivity contribution in [3.05, 3.63) is 53.6 Å². The summed E-state index contributed by atoms with van der Waals surface area (Å²) in [5.41, 5.74) is 2.75. The van der Waals surface area contributed by atoms with Gasteiger partial charge in [-0.15, -0.1) is 0 Å². The molecule has 6 nitrogen and oxygen atoms in total. The lowest BCUT2D eigenvalue weighted by atomic mass is 10.2. The number of rotatable bonds is 7. The summed E-state index contributed by atoms with van der Waals surface area (Å²) in [5, 5.41) is 0. The molecule has 3 aromatic rings. The molecule has 0 bridgehead atoms. The van der Waals surface area contributed by atoms with E-state index in [1.54, 1.807) is 30.3 Å². The van der Waals surface area contributed by atoms with Crippen molar-refractivity contribution >= 4 is 29.8 Å². The molecule has 122 valence electrons. The number of aldehydes is 1. The molecule has 1 amide bonds. The molecule has 0 aliphatic heterocycles. The second-order valence-electron chi connectivity index (χ2n) is 5.17. The van der Waals surface area contributed by atoms with Gasteiger partial charge in [0, 0.05) is 12.1 Å². The van der Waals surface area contributed by atoms with Gasteiger partial charge in [0.25, 0.3) is 0 Å². The number of carbonyl (C=O) groups excluding carboxylic acids is 2. The van der Waals surface area contributed by atoms with Gasteiger partial charge < -0.3 is 9.15 Å². The predicted molar refractivity (Wildman–Crippen MR) is 89.3 cm³/mol.